The van der Waals surface area contributed by atoms with Gasteiger partial charge in [-0.25, -0.2) is 0 Å². The van der Waals surface area contributed by atoms with E-state index in [4.69, 9.17) is 11.6 Å². The molecule has 0 unspecified atom stereocenters. The number of halogens is 1. The number of rotatable bonds is 4. The number of guanidine groups is 1. The van der Waals surface area contributed by atoms with E-state index in [0.717, 1.165) is 29.6 Å². The van der Waals surface area contributed by atoms with Gasteiger partial charge in [0.05, 0.1) is 12.6 Å². The topological polar surface area (TPSA) is 27.6 Å². The lowest BCUT2D eigenvalue weighted by molar-refractivity contribution is 0.355. The Hall–Kier alpha value is -2.00. The van der Waals surface area contributed by atoms with Crippen molar-refractivity contribution < 1.29 is 0 Å². The van der Waals surface area contributed by atoms with E-state index in [9.17, 15) is 0 Å². The van der Waals surface area contributed by atoms with Crippen LogP contribution < -0.4 is 5.32 Å². The molecule has 4 heteroatoms. The van der Waals surface area contributed by atoms with Gasteiger partial charge in [-0.15, -0.1) is 0 Å². The number of nitrogens with zero attached hydrogens (tertiary/aromatic N) is 2. The molecule has 0 saturated carbocycles. The summed E-state index contributed by atoms with van der Waals surface area (Å²) in [5.41, 5.74) is 2.39. The van der Waals surface area contributed by atoms with Crippen molar-refractivity contribution >= 4 is 17.6 Å². The molecule has 22 heavy (non-hydrogen) atoms. The van der Waals surface area contributed by atoms with E-state index in [0.29, 0.717) is 12.6 Å². The van der Waals surface area contributed by atoms with Gasteiger partial charge in [0, 0.05) is 18.1 Å². The molecule has 0 radical (unpaired) electrons. The molecular weight excluding hydrogens is 294 g/mol. The minimum atomic E-state index is 0.307. The van der Waals surface area contributed by atoms with Crippen LogP contribution >= 0.6 is 11.6 Å². The van der Waals surface area contributed by atoms with E-state index < -0.39 is 0 Å². The van der Waals surface area contributed by atoms with Gasteiger partial charge in [0.1, 0.15) is 0 Å². The Kier molecular flexibility index (Phi) is 4.64. The summed E-state index contributed by atoms with van der Waals surface area (Å²) >= 11 is 6.21. The Morgan fingerprint density at radius 2 is 1.86 bits per heavy atom. The maximum atomic E-state index is 6.21. The average Bonchev–Trinajstić information content (AvgIpc) is 3.03. The van der Waals surface area contributed by atoms with Crippen LogP contribution in [0.25, 0.3) is 0 Å². The van der Waals surface area contributed by atoms with Gasteiger partial charge in [-0.1, -0.05) is 60.1 Å². The van der Waals surface area contributed by atoms with Crippen LogP contribution in [0.1, 0.15) is 24.1 Å². The second-order valence-electron chi connectivity index (χ2n) is 5.43. The molecule has 0 aromatic heterocycles. The molecule has 0 saturated heterocycles. The number of aliphatic imine (C=N–C) groups is 1. The summed E-state index contributed by atoms with van der Waals surface area (Å²) in [7, 11) is 0. The lowest BCUT2D eigenvalue weighted by Crippen LogP contribution is -2.39. The van der Waals surface area contributed by atoms with Crippen LogP contribution in [0.4, 0.5) is 0 Å². The normalized spacial score (nSPS) is 15.5. The van der Waals surface area contributed by atoms with Gasteiger partial charge in [0.25, 0.3) is 0 Å². The molecule has 0 amide bonds. The molecular formula is C18H20ClN3. The van der Waals surface area contributed by atoms with E-state index in [-0.39, 0.29) is 0 Å². The molecule has 1 atom stereocenters. The monoisotopic (exact) mass is 313 g/mol. The zero-order valence-corrected chi connectivity index (χ0v) is 13.4. The van der Waals surface area contributed by atoms with Crippen molar-refractivity contribution in [3.63, 3.8) is 0 Å². The first-order valence-electron chi connectivity index (χ1n) is 7.59. The molecule has 1 heterocycles. The summed E-state index contributed by atoms with van der Waals surface area (Å²) in [6.07, 6.45) is 0. The molecule has 3 rings (SSSR count). The van der Waals surface area contributed by atoms with Gasteiger partial charge in [-0.2, -0.15) is 0 Å². The summed E-state index contributed by atoms with van der Waals surface area (Å²) in [6.45, 7) is 4.69. The fourth-order valence-corrected chi connectivity index (χ4v) is 2.92. The third-order valence-electron chi connectivity index (χ3n) is 4.02. The first kappa shape index (κ1) is 14.9. The molecule has 1 aliphatic heterocycles. The lowest BCUT2D eigenvalue weighted by atomic mass is 10.1. The van der Waals surface area contributed by atoms with E-state index in [1.54, 1.807) is 0 Å². The first-order valence-corrected chi connectivity index (χ1v) is 7.97. The van der Waals surface area contributed by atoms with E-state index >= 15 is 0 Å². The Balaban J connectivity index is 1.67. The van der Waals surface area contributed by atoms with Crippen molar-refractivity contribution in [2.24, 2.45) is 4.99 Å². The van der Waals surface area contributed by atoms with Crippen LogP contribution in [0.3, 0.4) is 0 Å². The van der Waals surface area contributed by atoms with Crippen LogP contribution in [0.5, 0.6) is 0 Å². The third kappa shape index (κ3) is 3.25. The molecule has 2 aromatic rings. The molecule has 2 aromatic carbocycles. The highest BCUT2D eigenvalue weighted by molar-refractivity contribution is 6.31. The second-order valence-corrected chi connectivity index (χ2v) is 5.84. The third-order valence-corrected chi connectivity index (χ3v) is 4.39. The Labute approximate surface area is 136 Å². The SMILES string of the molecule is C[C@@H](c1ccccc1)N1CCN=C1NCc1ccccc1Cl. The molecule has 0 fully saturated rings. The van der Waals surface area contributed by atoms with Crippen molar-refractivity contribution in [1.29, 1.82) is 0 Å². The summed E-state index contributed by atoms with van der Waals surface area (Å²) < 4.78 is 0. The highest BCUT2D eigenvalue weighted by Gasteiger charge is 2.23. The highest BCUT2D eigenvalue weighted by Crippen LogP contribution is 2.22. The maximum absolute atomic E-state index is 6.21. The second kappa shape index (κ2) is 6.84. The number of hydrogen-bond acceptors (Lipinski definition) is 3. The average molecular weight is 314 g/mol. The van der Waals surface area contributed by atoms with Crippen LogP contribution in [-0.4, -0.2) is 23.9 Å². The first-order chi connectivity index (χ1) is 10.8. The van der Waals surface area contributed by atoms with Crippen molar-refractivity contribution in [1.82, 2.24) is 10.2 Å². The zero-order chi connectivity index (χ0) is 15.4. The highest BCUT2D eigenvalue weighted by atomic mass is 35.5. The van der Waals surface area contributed by atoms with Crippen molar-refractivity contribution in [2.45, 2.75) is 19.5 Å². The summed E-state index contributed by atoms with van der Waals surface area (Å²) in [5, 5.41) is 4.22. The molecule has 114 valence electrons. The summed E-state index contributed by atoms with van der Waals surface area (Å²) in [5.74, 6) is 0.955. The molecule has 0 spiro atoms. The Morgan fingerprint density at radius 1 is 1.14 bits per heavy atom. The fraction of sp³-hybridized carbons (Fsp3) is 0.278. The molecule has 0 aliphatic carbocycles. The quantitative estimate of drug-likeness (QED) is 0.928. The van der Waals surface area contributed by atoms with Crippen molar-refractivity contribution in [3.8, 4) is 0 Å². The minimum absolute atomic E-state index is 0.307. The fourth-order valence-electron chi connectivity index (χ4n) is 2.72. The summed E-state index contributed by atoms with van der Waals surface area (Å²) in [4.78, 5) is 6.91. The molecule has 0 bridgehead atoms. The standard InChI is InChI=1S/C18H20ClN3/c1-14(15-7-3-2-4-8-15)22-12-11-20-18(22)21-13-16-9-5-6-10-17(16)19/h2-10,14H,11-13H2,1H3,(H,20,21)/t14-/m0/s1. The lowest BCUT2D eigenvalue weighted by Gasteiger charge is -2.28. The Bertz CT molecular complexity index is 654. The van der Waals surface area contributed by atoms with E-state index in [2.05, 4.69) is 46.4 Å². The number of nitrogens with one attached hydrogen (secondary N) is 1. The largest absolute Gasteiger partial charge is 0.352 e. The van der Waals surface area contributed by atoms with Gasteiger partial charge in [-0.05, 0) is 24.1 Å². The van der Waals surface area contributed by atoms with Crippen LogP contribution in [0.2, 0.25) is 5.02 Å². The number of benzene rings is 2. The van der Waals surface area contributed by atoms with Gasteiger partial charge < -0.3 is 10.2 Å². The van der Waals surface area contributed by atoms with Gasteiger partial charge in [0.2, 0.25) is 0 Å². The smallest absolute Gasteiger partial charge is 0.194 e. The van der Waals surface area contributed by atoms with E-state index in [1.807, 2.05) is 30.3 Å². The molecule has 3 nitrogen and oxygen atoms in total. The molecule has 1 N–H and O–H groups in total. The summed E-state index contributed by atoms with van der Waals surface area (Å²) in [6, 6.07) is 18.7. The maximum Gasteiger partial charge on any atom is 0.194 e. The van der Waals surface area contributed by atoms with Gasteiger partial charge in [-0.3, -0.25) is 4.99 Å². The van der Waals surface area contributed by atoms with Crippen LogP contribution in [-0.2, 0) is 6.54 Å². The van der Waals surface area contributed by atoms with Crippen LogP contribution in [0.15, 0.2) is 59.6 Å². The van der Waals surface area contributed by atoms with Crippen molar-refractivity contribution in [2.75, 3.05) is 13.1 Å². The predicted molar refractivity (Wildman–Crippen MR) is 92.2 cm³/mol. The van der Waals surface area contributed by atoms with Crippen LogP contribution in [0, 0.1) is 0 Å². The Morgan fingerprint density at radius 3 is 2.64 bits per heavy atom. The number of hydrogen-bond donors (Lipinski definition) is 1. The van der Waals surface area contributed by atoms with Crippen molar-refractivity contribution in [3.05, 3.63) is 70.7 Å². The van der Waals surface area contributed by atoms with Gasteiger partial charge >= 0.3 is 0 Å². The van der Waals surface area contributed by atoms with E-state index in [1.165, 1.54) is 5.56 Å². The minimum Gasteiger partial charge on any atom is -0.352 e. The van der Waals surface area contributed by atoms with Gasteiger partial charge in [0.15, 0.2) is 5.96 Å². The zero-order valence-electron chi connectivity index (χ0n) is 12.7. The molecule has 1 aliphatic rings. The predicted octanol–water partition coefficient (Wildman–Crippen LogP) is 3.86.